The van der Waals surface area contributed by atoms with Crippen molar-refractivity contribution >= 4 is 11.4 Å². The largest absolute Gasteiger partial charge is 0.573 e. The maximum Gasteiger partial charge on any atom is 0.573 e. The Morgan fingerprint density at radius 1 is 0.967 bits per heavy atom. The number of rotatable bonds is 4. The third kappa shape index (κ3) is 4.12. The Morgan fingerprint density at radius 2 is 1.70 bits per heavy atom. The summed E-state index contributed by atoms with van der Waals surface area (Å²) >= 11 is 0. The van der Waals surface area contributed by atoms with Gasteiger partial charge >= 0.3 is 6.36 Å². The molecule has 4 rings (SSSR count). The predicted octanol–water partition coefficient (Wildman–Crippen LogP) is 4.93. The highest BCUT2D eigenvalue weighted by atomic mass is 19.4. The van der Waals surface area contributed by atoms with E-state index < -0.39 is 6.36 Å². The number of alkyl halides is 3. The molecule has 0 aliphatic rings. The molecule has 0 saturated carbocycles. The number of nitrogens with one attached hydrogen (secondary N) is 1. The van der Waals surface area contributed by atoms with E-state index in [1.54, 1.807) is 29.9 Å². The van der Waals surface area contributed by atoms with Crippen LogP contribution in [0.3, 0.4) is 0 Å². The zero-order valence-electron chi connectivity index (χ0n) is 15.8. The van der Waals surface area contributed by atoms with Crippen molar-refractivity contribution in [3.8, 4) is 28.1 Å². The average molecular weight is 411 g/mol. The number of pyridine rings is 1. The van der Waals surface area contributed by atoms with E-state index in [1.807, 2.05) is 30.3 Å². The van der Waals surface area contributed by atoms with Crippen LogP contribution in [0.2, 0.25) is 0 Å². The number of hydrogen-bond acceptors (Lipinski definition) is 3. The molecule has 0 unspecified atom stereocenters. The maximum absolute atomic E-state index is 12.3. The first-order valence-electron chi connectivity index (χ1n) is 9.00. The Morgan fingerprint density at radius 3 is 2.40 bits per heavy atom. The highest BCUT2D eigenvalue weighted by molar-refractivity contribution is 5.95. The second kappa shape index (κ2) is 7.55. The Labute approximate surface area is 169 Å². The van der Waals surface area contributed by atoms with E-state index in [-0.39, 0.29) is 11.7 Å². The minimum absolute atomic E-state index is 0.164. The summed E-state index contributed by atoms with van der Waals surface area (Å²) in [7, 11) is 1.58. The average Bonchev–Trinajstić information content (AvgIpc) is 3.16. The Balaban J connectivity index is 1.64. The van der Waals surface area contributed by atoms with Gasteiger partial charge in [0.05, 0.1) is 11.2 Å². The molecular weight excluding hydrogens is 395 g/mol. The summed E-state index contributed by atoms with van der Waals surface area (Å²) in [5.74, 6) is -0.448. The van der Waals surface area contributed by atoms with E-state index in [2.05, 4.69) is 15.2 Å². The second-order valence-electron chi connectivity index (χ2n) is 6.55. The van der Waals surface area contributed by atoms with Gasteiger partial charge in [-0.2, -0.15) is 5.10 Å². The van der Waals surface area contributed by atoms with Crippen molar-refractivity contribution in [3.63, 3.8) is 0 Å². The molecular formula is C22H16F3N3O2. The molecule has 0 aliphatic heterocycles. The van der Waals surface area contributed by atoms with E-state index >= 15 is 0 Å². The van der Waals surface area contributed by atoms with Crippen molar-refractivity contribution in [2.75, 3.05) is 7.05 Å². The van der Waals surface area contributed by atoms with Crippen LogP contribution in [-0.4, -0.2) is 28.9 Å². The van der Waals surface area contributed by atoms with Gasteiger partial charge < -0.3 is 10.1 Å². The number of halogens is 3. The quantitative estimate of drug-likeness (QED) is 0.518. The number of nitrogens with zero attached hydrogens (tertiary/aromatic N) is 2. The molecule has 5 nitrogen and oxygen atoms in total. The lowest BCUT2D eigenvalue weighted by molar-refractivity contribution is -0.274. The highest BCUT2D eigenvalue weighted by Crippen LogP contribution is 2.28. The van der Waals surface area contributed by atoms with Crippen LogP contribution in [0.4, 0.5) is 13.2 Å². The molecule has 1 N–H and O–H groups in total. The van der Waals surface area contributed by atoms with Crippen LogP contribution >= 0.6 is 0 Å². The van der Waals surface area contributed by atoms with Crippen molar-refractivity contribution in [3.05, 3.63) is 78.5 Å². The van der Waals surface area contributed by atoms with Gasteiger partial charge in [-0.15, -0.1) is 13.2 Å². The van der Waals surface area contributed by atoms with Gasteiger partial charge in [-0.25, -0.2) is 4.52 Å². The Kier molecular flexibility index (Phi) is 4.91. The van der Waals surface area contributed by atoms with Gasteiger partial charge in [0.1, 0.15) is 5.75 Å². The molecule has 8 heteroatoms. The molecule has 0 radical (unpaired) electrons. The number of hydrogen-bond donors (Lipinski definition) is 1. The monoisotopic (exact) mass is 411 g/mol. The fraction of sp³-hybridized carbons (Fsp3) is 0.0909. The number of carbonyl (C=O) groups is 1. The molecule has 4 aromatic rings. The number of amides is 1. The highest BCUT2D eigenvalue weighted by Gasteiger charge is 2.31. The lowest BCUT2D eigenvalue weighted by Crippen LogP contribution is -2.17. The Hall–Kier alpha value is -3.81. The molecule has 0 saturated heterocycles. The van der Waals surface area contributed by atoms with Crippen LogP contribution in [0.1, 0.15) is 10.4 Å². The zero-order valence-corrected chi connectivity index (χ0v) is 15.8. The summed E-state index contributed by atoms with van der Waals surface area (Å²) in [6.07, 6.45) is -2.93. The molecule has 2 aromatic heterocycles. The van der Waals surface area contributed by atoms with Crippen LogP contribution in [0, 0.1) is 0 Å². The molecule has 0 atom stereocenters. The van der Waals surface area contributed by atoms with Crippen LogP contribution in [0.5, 0.6) is 5.75 Å². The molecule has 152 valence electrons. The Bertz CT molecular complexity index is 1210. The normalized spacial score (nSPS) is 11.5. The van der Waals surface area contributed by atoms with Crippen molar-refractivity contribution in [2.45, 2.75) is 6.36 Å². The molecule has 0 fully saturated rings. The number of carbonyl (C=O) groups excluding carboxylic acids is 1. The van der Waals surface area contributed by atoms with Crippen molar-refractivity contribution in [1.82, 2.24) is 14.9 Å². The van der Waals surface area contributed by atoms with Gasteiger partial charge in [-0.1, -0.05) is 12.1 Å². The molecule has 0 aliphatic carbocycles. The van der Waals surface area contributed by atoms with Crippen LogP contribution in [-0.2, 0) is 0 Å². The minimum atomic E-state index is -4.73. The number of aromatic nitrogens is 2. The number of fused-ring (bicyclic) bond motifs is 1. The molecule has 30 heavy (non-hydrogen) atoms. The molecule has 0 spiro atoms. The third-order valence-corrected chi connectivity index (χ3v) is 4.53. The number of benzene rings is 2. The maximum atomic E-state index is 12.3. The summed E-state index contributed by atoms with van der Waals surface area (Å²) < 4.78 is 42.5. The topological polar surface area (TPSA) is 55.6 Å². The molecule has 2 heterocycles. The summed E-state index contributed by atoms with van der Waals surface area (Å²) in [6, 6.07) is 18.5. The summed E-state index contributed by atoms with van der Waals surface area (Å²) in [5, 5.41) is 7.07. The first-order valence-corrected chi connectivity index (χ1v) is 9.00. The van der Waals surface area contributed by atoms with E-state index in [0.29, 0.717) is 16.8 Å². The fourth-order valence-electron chi connectivity index (χ4n) is 3.13. The third-order valence-electron chi connectivity index (χ3n) is 4.53. The van der Waals surface area contributed by atoms with Crippen LogP contribution in [0.15, 0.2) is 72.9 Å². The molecule has 0 bridgehead atoms. The SMILES string of the molecule is CNC(=O)c1cccc(-c2ccn3nc(-c4ccc(OC(F)(F)F)cc4)cc3c2)c1. The van der Waals surface area contributed by atoms with Gasteiger partial charge in [0.2, 0.25) is 0 Å². The minimum Gasteiger partial charge on any atom is -0.406 e. The summed E-state index contributed by atoms with van der Waals surface area (Å²) in [4.78, 5) is 11.9. The first kappa shape index (κ1) is 19.5. The van der Waals surface area contributed by atoms with Gasteiger partial charge in [-0.05, 0) is 65.7 Å². The first-order chi connectivity index (χ1) is 14.3. The molecule has 1 amide bonds. The lowest BCUT2D eigenvalue weighted by atomic mass is 10.0. The second-order valence-corrected chi connectivity index (χ2v) is 6.55. The smallest absolute Gasteiger partial charge is 0.406 e. The van der Waals surface area contributed by atoms with Crippen molar-refractivity contribution < 1.29 is 22.7 Å². The van der Waals surface area contributed by atoms with E-state index in [9.17, 15) is 18.0 Å². The zero-order chi connectivity index (χ0) is 21.3. The molecule has 2 aromatic carbocycles. The lowest BCUT2D eigenvalue weighted by Gasteiger charge is -2.08. The van der Waals surface area contributed by atoms with Gasteiger partial charge in [-0.3, -0.25) is 4.79 Å². The number of ether oxygens (including phenoxy) is 1. The van der Waals surface area contributed by atoms with E-state index in [1.165, 1.54) is 24.3 Å². The van der Waals surface area contributed by atoms with Gasteiger partial charge in [0.15, 0.2) is 0 Å². The van der Waals surface area contributed by atoms with E-state index in [0.717, 1.165) is 16.6 Å². The van der Waals surface area contributed by atoms with Crippen molar-refractivity contribution in [2.24, 2.45) is 0 Å². The van der Waals surface area contributed by atoms with Crippen molar-refractivity contribution in [1.29, 1.82) is 0 Å². The van der Waals surface area contributed by atoms with Gasteiger partial charge in [0.25, 0.3) is 5.91 Å². The predicted molar refractivity (Wildman–Crippen MR) is 106 cm³/mol. The summed E-state index contributed by atoms with van der Waals surface area (Å²) in [6.45, 7) is 0. The van der Waals surface area contributed by atoms with Gasteiger partial charge in [0, 0.05) is 24.4 Å². The van der Waals surface area contributed by atoms with Crippen LogP contribution < -0.4 is 10.1 Å². The standard InChI is InChI=1S/C22H16F3N3O2/c1-26-21(29)17-4-2-3-15(11-17)16-9-10-28-18(12-16)13-20(27-28)14-5-7-19(8-6-14)30-22(23,24)25/h2-13H,1H3,(H,26,29). The fourth-order valence-corrected chi connectivity index (χ4v) is 3.13. The summed E-state index contributed by atoms with van der Waals surface area (Å²) in [5.41, 5.74) is 4.44. The van der Waals surface area contributed by atoms with E-state index in [4.69, 9.17) is 0 Å². The van der Waals surface area contributed by atoms with Crippen LogP contribution in [0.25, 0.3) is 27.9 Å².